The smallest absolute Gasteiger partial charge is 0.255 e. The van der Waals surface area contributed by atoms with E-state index in [1.165, 1.54) is 11.1 Å². The number of carbonyl (C=O) groups is 3. The van der Waals surface area contributed by atoms with Gasteiger partial charge in [-0.25, -0.2) is 0 Å². The van der Waals surface area contributed by atoms with E-state index in [1.54, 1.807) is 4.90 Å². The number of hydrogen-bond donors (Lipinski definition) is 1. The minimum atomic E-state index is -0.611. The summed E-state index contributed by atoms with van der Waals surface area (Å²) in [6, 6.07) is 11.6. The first kappa shape index (κ1) is 20.2. The highest BCUT2D eigenvalue weighted by atomic mass is 16.2. The van der Waals surface area contributed by atoms with E-state index in [2.05, 4.69) is 42.5 Å². The van der Waals surface area contributed by atoms with Crippen LogP contribution >= 0.6 is 0 Å². The van der Waals surface area contributed by atoms with Crippen molar-refractivity contribution in [1.29, 1.82) is 0 Å². The Morgan fingerprint density at radius 2 is 1.81 bits per heavy atom. The lowest BCUT2D eigenvalue weighted by Gasteiger charge is -2.29. The van der Waals surface area contributed by atoms with Gasteiger partial charge in [0.25, 0.3) is 5.91 Å². The van der Waals surface area contributed by atoms with Crippen LogP contribution in [0.5, 0.6) is 0 Å². The summed E-state index contributed by atoms with van der Waals surface area (Å²) >= 11 is 0. The molecule has 2 aromatic carbocycles. The van der Waals surface area contributed by atoms with Gasteiger partial charge in [0.2, 0.25) is 11.8 Å². The van der Waals surface area contributed by atoms with Crippen LogP contribution in [-0.4, -0.2) is 38.4 Å². The van der Waals surface area contributed by atoms with Gasteiger partial charge in [-0.1, -0.05) is 23.8 Å². The molecule has 3 amide bonds. The molecule has 3 aromatic rings. The number of nitrogens with one attached hydrogen (secondary N) is 1. The predicted octanol–water partition coefficient (Wildman–Crippen LogP) is 3.13. The molecule has 1 fully saturated rings. The first-order valence-electron chi connectivity index (χ1n) is 10.7. The topological polar surface area (TPSA) is 84.3 Å². The summed E-state index contributed by atoms with van der Waals surface area (Å²) in [6.45, 7) is 4.52. The maximum Gasteiger partial charge on any atom is 0.255 e. The summed E-state index contributed by atoms with van der Waals surface area (Å²) in [6.07, 6.45) is 2.46. The molecule has 1 unspecified atom stereocenters. The molecule has 0 bridgehead atoms. The van der Waals surface area contributed by atoms with Crippen molar-refractivity contribution >= 4 is 17.7 Å². The van der Waals surface area contributed by atoms with E-state index in [4.69, 9.17) is 0 Å². The lowest BCUT2D eigenvalue weighted by Crippen LogP contribution is -2.52. The number of aromatic nitrogens is 2. The van der Waals surface area contributed by atoms with E-state index in [-0.39, 0.29) is 18.2 Å². The highest BCUT2D eigenvalue weighted by Gasteiger charge is 2.39. The van der Waals surface area contributed by atoms with Gasteiger partial charge in [0.15, 0.2) is 0 Å². The second kappa shape index (κ2) is 7.44. The molecule has 1 atom stereocenters. The number of rotatable bonds is 3. The fourth-order valence-corrected chi connectivity index (χ4v) is 4.70. The quantitative estimate of drug-likeness (QED) is 0.650. The highest BCUT2D eigenvalue weighted by Crippen LogP contribution is 2.37. The monoisotopic (exact) mass is 428 g/mol. The van der Waals surface area contributed by atoms with Crippen LogP contribution in [-0.2, 0) is 23.2 Å². The molecule has 3 heterocycles. The molecule has 32 heavy (non-hydrogen) atoms. The van der Waals surface area contributed by atoms with Gasteiger partial charge >= 0.3 is 0 Å². The Morgan fingerprint density at radius 1 is 1.00 bits per heavy atom. The van der Waals surface area contributed by atoms with Crippen molar-refractivity contribution in [3.8, 4) is 22.4 Å². The van der Waals surface area contributed by atoms with Crippen LogP contribution in [0.4, 0.5) is 0 Å². The molecule has 5 rings (SSSR count). The van der Waals surface area contributed by atoms with Crippen LogP contribution in [0.2, 0.25) is 0 Å². The molecule has 1 aromatic heterocycles. The number of nitrogens with zero attached hydrogens (tertiary/aromatic N) is 3. The third-order valence-electron chi connectivity index (χ3n) is 6.42. The Morgan fingerprint density at radius 3 is 2.59 bits per heavy atom. The van der Waals surface area contributed by atoms with Gasteiger partial charge in [-0.05, 0) is 55.2 Å². The average molecular weight is 428 g/mol. The first-order valence-corrected chi connectivity index (χ1v) is 10.7. The van der Waals surface area contributed by atoms with Crippen LogP contribution < -0.4 is 5.32 Å². The normalized spacial score (nSPS) is 18.2. The van der Waals surface area contributed by atoms with E-state index >= 15 is 0 Å². The van der Waals surface area contributed by atoms with Gasteiger partial charge in [0.1, 0.15) is 6.04 Å². The maximum absolute atomic E-state index is 13.0. The first-order chi connectivity index (χ1) is 15.3. The molecule has 162 valence electrons. The van der Waals surface area contributed by atoms with Gasteiger partial charge < -0.3 is 4.90 Å². The van der Waals surface area contributed by atoms with Crippen molar-refractivity contribution in [2.24, 2.45) is 7.05 Å². The summed E-state index contributed by atoms with van der Waals surface area (Å²) < 4.78 is 1.88. The number of piperidine rings is 1. The summed E-state index contributed by atoms with van der Waals surface area (Å²) in [5, 5.41) is 6.85. The summed E-state index contributed by atoms with van der Waals surface area (Å²) in [4.78, 5) is 38.4. The fraction of sp³-hybridized carbons (Fsp3) is 0.280. The second-order valence-electron chi connectivity index (χ2n) is 8.62. The maximum atomic E-state index is 13.0. The number of amides is 3. The summed E-state index contributed by atoms with van der Waals surface area (Å²) in [5.41, 5.74) is 7.96. The van der Waals surface area contributed by atoms with Crippen molar-refractivity contribution in [3.05, 3.63) is 64.8 Å². The van der Waals surface area contributed by atoms with Crippen LogP contribution in [0.3, 0.4) is 0 Å². The SMILES string of the molecule is Cc1ccc(C)c(-c2c(-c3ccc4c(c3)CN(C3CCC(=O)NC3=O)C4=O)cnn2C)c1. The molecule has 2 aliphatic rings. The molecular weight excluding hydrogens is 404 g/mol. The molecule has 2 aliphatic heterocycles. The number of aryl methyl sites for hydroxylation is 3. The van der Waals surface area contributed by atoms with Crippen molar-refractivity contribution < 1.29 is 14.4 Å². The van der Waals surface area contributed by atoms with Crippen molar-refractivity contribution in [3.63, 3.8) is 0 Å². The van der Waals surface area contributed by atoms with Gasteiger partial charge in [-0.2, -0.15) is 5.10 Å². The number of carbonyl (C=O) groups excluding carboxylic acids is 3. The van der Waals surface area contributed by atoms with Crippen molar-refractivity contribution in [2.75, 3.05) is 0 Å². The minimum absolute atomic E-state index is 0.165. The van der Waals surface area contributed by atoms with E-state index < -0.39 is 11.9 Å². The Balaban J connectivity index is 1.52. The third-order valence-corrected chi connectivity index (χ3v) is 6.42. The lowest BCUT2D eigenvalue weighted by molar-refractivity contribution is -0.136. The van der Waals surface area contributed by atoms with Crippen LogP contribution in [0, 0.1) is 13.8 Å². The van der Waals surface area contributed by atoms with E-state index in [9.17, 15) is 14.4 Å². The number of imide groups is 1. The summed E-state index contributed by atoms with van der Waals surface area (Å²) in [7, 11) is 1.93. The van der Waals surface area contributed by atoms with Crippen molar-refractivity contribution in [2.45, 2.75) is 39.3 Å². The van der Waals surface area contributed by atoms with E-state index in [1.807, 2.05) is 36.1 Å². The highest BCUT2D eigenvalue weighted by molar-refractivity contribution is 6.05. The third kappa shape index (κ3) is 3.21. The van der Waals surface area contributed by atoms with Crippen LogP contribution in [0.25, 0.3) is 22.4 Å². The minimum Gasteiger partial charge on any atom is -0.322 e. The van der Waals surface area contributed by atoms with E-state index in [0.29, 0.717) is 18.5 Å². The van der Waals surface area contributed by atoms with Gasteiger partial charge in [-0.3, -0.25) is 24.4 Å². The molecule has 0 spiro atoms. The van der Waals surface area contributed by atoms with Gasteiger partial charge in [0, 0.05) is 36.7 Å². The van der Waals surface area contributed by atoms with E-state index in [0.717, 1.165) is 27.9 Å². The molecule has 7 heteroatoms. The zero-order valence-electron chi connectivity index (χ0n) is 18.3. The van der Waals surface area contributed by atoms with Crippen LogP contribution in [0.15, 0.2) is 42.6 Å². The van der Waals surface area contributed by atoms with Gasteiger partial charge in [-0.15, -0.1) is 0 Å². The average Bonchev–Trinajstić information content (AvgIpc) is 3.29. The second-order valence-corrected chi connectivity index (χ2v) is 8.62. The molecule has 0 aliphatic carbocycles. The molecule has 0 saturated carbocycles. The molecule has 0 radical (unpaired) electrons. The summed E-state index contributed by atoms with van der Waals surface area (Å²) in [5.74, 6) is -0.845. The number of benzene rings is 2. The van der Waals surface area contributed by atoms with Crippen LogP contribution in [0.1, 0.15) is 39.9 Å². The molecular formula is C25H24N4O3. The Hall–Kier alpha value is -3.74. The lowest BCUT2D eigenvalue weighted by atomic mass is 9.95. The Labute approximate surface area is 186 Å². The van der Waals surface area contributed by atoms with Gasteiger partial charge in [0.05, 0.1) is 11.9 Å². The molecule has 1 N–H and O–H groups in total. The zero-order chi connectivity index (χ0) is 22.6. The standard InChI is InChI=1S/C25H24N4O3/c1-14-4-5-15(2)19(10-14)23-20(12-26-28(23)3)16-6-7-18-17(11-16)13-29(25(18)32)21-8-9-22(30)27-24(21)31/h4-7,10-12,21H,8-9,13H2,1-3H3,(H,27,30,31). The fourth-order valence-electron chi connectivity index (χ4n) is 4.70. The Bertz CT molecular complexity index is 1290. The molecule has 1 saturated heterocycles. The Kier molecular flexibility index (Phi) is 4.69. The number of fused-ring (bicyclic) bond motifs is 1. The zero-order valence-corrected chi connectivity index (χ0v) is 18.3. The number of hydrogen-bond acceptors (Lipinski definition) is 4. The molecule has 7 nitrogen and oxygen atoms in total. The predicted molar refractivity (Wildman–Crippen MR) is 120 cm³/mol. The van der Waals surface area contributed by atoms with Crippen molar-refractivity contribution in [1.82, 2.24) is 20.0 Å². The largest absolute Gasteiger partial charge is 0.322 e.